The molecule has 0 unspecified atom stereocenters. The quantitative estimate of drug-likeness (QED) is 0.702. The molecule has 5 atom stereocenters. The number of allylic oxidation sites excluding steroid dienone is 1. The maximum Gasteiger partial charge on any atom is 0.105 e. The van der Waals surface area contributed by atoms with Gasteiger partial charge in [-0.05, 0) is 38.2 Å². The number of ether oxygens (including phenoxy) is 1. The van der Waals surface area contributed by atoms with Crippen molar-refractivity contribution in [3.8, 4) is 0 Å². The van der Waals surface area contributed by atoms with Crippen LogP contribution in [0.3, 0.4) is 0 Å². The van der Waals surface area contributed by atoms with Gasteiger partial charge in [-0.15, -0.1) is 0 Å². The van der Waals surface area contributed by atoms with E-state index >= 15 is 0 Å². The fourth-order valence-electron chi connectivity index (χ4n) is 4.40. The summed E-state index contributed by atoms with van der Waals surface area (Å²) in [6.45, 7) is 8.30. The molecule has 0 aromatic carbocycles. The summed E-state index contributed by atoms with van der Waals surface area (Å²) in [7, 11) is 0. The van der Waals surface area contributed by atoms with Crippen LogP contribution in [0.1, 0.15) is 47.0 Å². The molecule has 2 saturated heterocycles. The summed E-state index contributed by atoms with van der Waals surface area (Å²) in [5.41, 5.74) is 1.37. The van der Waals surface area contributed by atoms with Crippen LogP contribution in [0.25, 0.3) is 0 Å². The minimum Gasteiger partial charge on any atom is -0.390 e. The third-order valence-electron chi connectivity index (χ3n) is 5.69. The molecule has 102 valence electrons. The van der Waals surface area contributed by atoms with E-state index in [2.05, 4.69) is 20.8 Å². The normalized spacial score (nSPS) is 51.2. The Morgan fingerprint density at radius 2 is 2.00 bits per heavy atom. The van der Waals surface area contributed by atoms with E-state index in [-0.39, 0.29) is 11.8 Å². The van der Waals surface area contributed by atoms with Crippen LogP contribution in [-0.4, -0.2) is 33.6 Å². The van der Waals surface area contributed by atoms with Crippen LogP contribution in [0.5, 0.6) is 0 Å². The van der Waals surface area contributed by atoms with E-state index in [1.54, 1.807) is 0 Å². The third kappa shape index (κ3) is 1.25. The fourth-order valence-corrected chi connectivity index (χ4v) is 4.40. The molecular formula is C15H24O3. The first-order valence-corrected chi connectivity index (χ1v) is 7.09. The number of hydrogen-bond donors (Lipinski definition) is 2. The molecule has 0 aromatic heterocycles. The van der Waals surface area contributed by atoms with Gasteiger partial charge in [0.1, 0.15) is 11.7 Å². The van der Waals surface area contributed by atoms with Crippen molar-refractivity contribution in [1.82, 2.24) is 0 Å². The van der Waals surface area contributed by atoms with Gasteiger partial charge in [0.15, 0.2) is 0 Å². The van der Waals surface area contributed by atoms with E-state index in [0.717, 1.165) is 18.4 Å². The Bertz CT molecular complexity index is 414. The van der Waals surface area contributed by atoms with E-state index in [1.807, 2.05) is 6.92 Å². The highest BCUT2D eigenvalue weighted by molar-refractivity contribution is 5.37. The Morgan fingerprint density at radius 1 is 1.33 bits per heavy atom. The molecule has 0 saturated carbocycles. The third-order valence-corrected chi connectivity index (χ3v) is 5.69. The molecule has 3 rings (SSSR count). The highest BCUT2D eigenvalue weighted by Gasteiger charge is 2.67. The lowest BCUT2D eigenvalue weighted by molar-refractivity contribution is -0.211. The zero-order valence-corrected chi connectivity index (χ0v) is 11.7. The molecule has 2 heterocycles. The monoisotopic (exact) mass is 252 g/mol. The van der Waals surface area contributed by atoms with E-state index in [0.29, 0.717) is 6.42 Å². The number of hydrogen-bond acceptors (Lipinski definition) is 3. The molecule has 0 spiro atoms. The molecule has 2 N–H and O–H groups in total. The van der Waals surface area contributed by atoms with Gasteiger partial charge >= 0.3 is 0 Å². The molecule has 3 nitrogen and oxygen atoms in total. The first-order chi connectivity index (χ1) is 8.33. The smallest absolute Gasteiger partial charge is 0.105 e. The summed E-state index contributed by atoms with van der Waals surface area (Å²) in [5.74, 6) is 0.391. The summed E-state index contributed by atoms with van der Waals surface area (Å²) >= 11 is 0. The Balaban J connectivity index is 2.15. The lowest BCUT2D eigenvalue weighted by atomic mass is 9.74. The van der Waals surface area contributed by atoms with Crippen LogP contribution in [0, 0.1) is 11.8 Å². The summed E-state index contributed by atoms with van der Waals surface area (Å²) in [6.07, 6.45) is 1.56. The second kappa shape index (κ2) is 3.59. The van der Waals surface area contributed by atoms with Crippen LogP contribution >= 0.6 is 0 Å². The Morgan fingerprint density at radius 3 is 2.61 bits per heavy atom. The fraction of sp³-hybridized carbons (Fsp3) is 0.867. The van der Waals surface area contributed by atoms with Gasteiger partial charge in [0.2, 0.25) is 0 Å². The topological polar surface area (TPSA) is 49.7 Å². The molecular weight excluding hydrogens is 228 g/mol. The summed E-state index contributed by atoms with van der Waals surface area (Å²) in [4.78, 5) is 0. The maximum absolute atomic E-state index is 10.8. The van der Waals surface area contributed by atoms with Crippen LogP contribution in [0.2, 0.25) is 0 Å². The van der Waals surface area contributed by atoms with Gasteiger partial charge in [-0.2, -0.15) is 0 Å². The van der Waals surface area contributed by atoms with Crippen LogP contribution in [0.4, 0.5) is 0 Å². The average molecular weight is 252 g/mol. The van der Waals surface area contributed by atoms with Gasteiger partial charge in [-0.25, -0.2) is 0 Å². The number of fused-ring (bicyclic) bond motifs is 4. The van der Waals surface area contributed by atoms with Crippen molar-refractivity contribution < 1.29 is 14.9 Å². The Kier molecular flexibility index (Phi) is 2.52. The highest BCUT2D eigenvalue weighted by atomic mass is 16.6. The van der Waals surface area contributed by atoms with Gasteiger partial charge in [-0.1, -0.05) is 19.4 Å². The van der Waals surface area contributed by atoms with Crippen molar-refractivity contribution in [2.75, 3.05) is 0 Å². The molecule has 2 bridgehead atoms. The van der Waals surface area contributed by atoms with Crippen molar-refractivity contribution in [3.05, 3.63) is 11.1 Å². The van der Waals surface area contributed by atoms with Gasteiger partial charge in [0.05, 0.1) is 11.7 Å². The van der Waals surface area contributed by atoms with Crippen LogP contribution in [-0.2, 0) is 4.74 Å². The molecule has 0 aromatic rings. The Labute approximate surface area is 109 Å². The van der Waals surface area contributed by atoms with Crippen molar-refractivity contribution in [2.24, 2.45) is 11.8 Å². The lowest BCUT2D eigenvalue weighted by Crippen LogP contribution is -2.57. The van der Waals surface area contributed by atoms with E-state index in [9.17, 15) is 10.2 Å². The second-order valence-corrected chi connectivity index (χ2v) is 6.84. The molecule has 0 amide bonds. The van der Waals surface area contributed by atoms with Crippen molar-refractivity contribution >= 4 is 0 Å². The minimum absolute atomic E-state index is 0.192. The predicted octanol–water partition coefficient (Wildman–Crippen LogP) is 2.02. The molecule has 3 heteroatoms. The van der Waals surface area contributed by atoms with Crippen LogP contribution in [0.15, 0.2) is 11.1 Å². The highest BCUT2D eigenvalue weighted by Crippen LogP contribution is 2.59. The van der Waals surface area contributed by atoms with Crippen molar-refractivity contribution in [2.45, 2.75) is 70.4 Å². The predicted molar refractivity (Wildman–Crippen MR) is 69.1 cm³/mol. The van der Waals surface area contributed by atoms with E-state index < -0.39 is 23.4 Å². The minimum atomic E-state index is -0.592. The molecule has 2 aliphatic heterocycles. The largest absolute Gasteiger partial charge is 0.390 e. The Hall–Kier alpha value is -0.380. The zero-order chi connectivity index (χ0) is 13.3. The van der Waals surface area contributed by atoms with Gasteiger partial charge in [0.25, 0.3) is 0 Å². The molecule has 2 fully saturated rings. The summed E-state index contributed by atoms with van der Waals surface area (Å²) in [6, 6.07) is 0. The van der Waals surface area contributed by atoms with Gasteiger partial charge < -0.3 is 14.9 Å². The molecule has 0 radical (unpaired) electrons. The first kappa shape index (κ1) is 12.6. The SMILES string of the molecule is CC1=C2[C@H](CC1)[C@@]1(C)O[C@](C(C)C)(C[C@@H]1O)[C@H]2O. The van der Waals surface area contributed by atoms with E-state index in [4.69, 9.17) is 4.74 Å². The summed E-state index contributed by atoms with van der Waals surface area (Å²) < 4.78 is 6.29. The van der Waals surface area contributed by atoms with Crippen LogP contribution < -0.4 is 0 Å². The first-order valence-electron chi connectivity index (χ1n) is 7.09. The van der Waals surface area contributed by atoms with Gasteiger partial charge in [-0.3, -0.25) is 0 Å². The van der Waals surface area contributed by atoms with Gasteiger partial charge in [0, 0.05) is 12.3 Å². The average Bonchev–Trinajstić information content (AvgIpc) is 2.77. The molecule has 1 aliphatic carbocycles. The summed E-state index contributed by atoms with van der Waals surface area (Å²) in [5, 5.41) is 21.3. The second-order valence-electron chi connectivity index (χ2n) is 6.84. The molecule has 18 heavy (non-hydrogen) atoms. The lowest BCUT2D eigenvalue weighted by Gasteiger charge is -2.49. The zero-order valence-electron chi connectivity index (χ0n) is 11.7. The van der Waals surface area contributed by atoms with E-state index in [1.165, 1.54) is 5.57 Å². The number of rotatable bonds is 1. The number of aliphatic hydroxyl groups is 2. The van der Waals surface area contributed by atoms with Crippen molar-refractivity contribution in [1.29, 1.82) is 0 Å². The maximum atomic E-state index is 10.8. The standard InChI is InChI=1S/C15H24O3/c1-8(2)15-7-11(16)14(4,18-15)10-6-5-9(3)12(10)13(15)17/h8,10-11,13,16-17H,5-7H2,1-4H3/t10-,11-,13-,14+,15-/m0/s1. The number of aliphatic hydroxyl groups excluding tert-OH is 2. The van der Waals surface area contributed by atoms with Crippen molar-refractivity contribution in [3.63, 3.8) is 0 Å². The molecule has 3 aliphatic rings.